The molecule has 0 saturated heterocycles. The van der Waals surface area contributed by atoms with Crippen LogP contribution in [0.4, 0.5) is 11.4 Å². The third-order valence-corrected chi connectivity index (χ3v) is 3.34. The Kier molecular flexibility index (Phi) is 3.29. The molecule has 1 aliphatic heterocycles. The number of ether oxygens (including phenoxy) is 1. The molecule has 3 rings (SSSR count). The molecule has 4 heteroatoms. The molecule has 2 aromatic carbocycles. The zero-order valence-corrected chi connectivity index (χ0v) is 11.1. The van der Waals surface area contributed by atoms with Crippen molar-refractivity contribution in [2.75, 3.05) is 17.7 Å². The van der Waals surface area contributed by atoms with Crippen LogP contribution in [0.15, 0.2) is 42.5 Å². The van der Waals surface area contributed by atoms with E-state index in [1.165, 1.54) is 0 Å². The fourth-order valence-electron chi connectivity index (χ4n) is 2.28. The monoisotopic (exact) mass is 268 g/mol. The second-order valence-electron chi connectivity index (χ2n) is 4.85. The molecule has 1 heterocycles. The number of nitrogens with two attached hydrogens (primary N) is 1. The fraction of sp³-hybridized carbons (Fsp3) is 0.188. The predicted octanol–water partition coefficient (Wildman–Crippen LogP) is 2.85. The van der Waals surface area contributed by atoms with Crippen molar-refractivity contribution in [1.82, 2.24) is 0 Å². The van der Waals surface area contributed by atoms with Gasteiger partial charge in [0.15, 0.2) is 0 Å². The van der Waals surface area contributed by atoms with E-state index in [4.69, 9.17) is 10.5 Å². The summed E-state index contributed by atoms with van der Waals surface area (Å²) in [6, 6.07) is 12.6. The van der Waals surface area contributed by atoms with Crippen LogP contribution in [0.5, 0.6) is 5.75 Å². The number of hydrogen-bond donors (Lipinski definition) is 2. The van der Waals surface area contributed by atoms with E-state index in [2.05, 4.69) is 5.32 Å². The molecule has 0 spiro atoms. The maximum atomic E-state index is 12.1. The van der Waals surface area contributed by atoms with Gasteiger partial charge in [-0.05, 0) is 60.9 Å². The van der Waals surface area contributed by atoms with Gasteiger partial charge in [0.2, 0.25) is 0 Å². The van der Waals surface area contributed by atoms with Gasteiger partial charge in [-0.15, -0.1) is 0 Å². The van der Waals surface area contributed by atoms with E-state index in [0.29, 0.717) is 11.3 Å². The highest BCUT2D eigenvalue weighted by Gasteiger charge is 2.12. The third kappa shape index (κ3) is 2.59. The van der Waals surface area contributed by atoms with Crippen molar-refractivity contribution in [3.63, 3.8) is 0 Å². The zero-order valence-electron chi connectivity index (χ0n) is 11.1. The Labute approximate surface area is 117 Å². The van der Waals surface area contributed by atoms with Gasteiger partial charge in [0.1, 0.15) is 5.75 Å². The lowest BCUT2D eigenvalue weighted by Crippen LogP contribution is -2.13. The number of carbonyl (C=O) groups is 1. The molecule has 3 N–H and O–H groups in total. The first kappa shape index (κ1) is 12.5. The highest BCUT2D eigenvalue weighted by atomic mass is 16.5. The summed E-state index contributed by atoms with van der Waals surface area (Å²) in [5.41, 5.74) is 8.78. The lowest BCUT2D eigenvalue weighted by Gasteiger charge is -2.18. The zero-order chi connectivity index (χ0) is 13.9. The summed E-state index contributed by atoms with van der Waals surface area (Å²) in [5.74, 6) is 0.781. The topological polar surface area (TPSA) is 64.4 Å². The van der Waals surface area contributed by atoms with Crippen LogP contribution in [0.1, 0.15) is 22.3 Å². The molecular weight excluding hydrogens is 252 g/mol. The number of nitrogen functional groups attached to an aromatic ring is 1. The summed E-state index contributed by atoms with van der Waals surface area (Å²) in [6.07, 6.45) is 2.00. The van der Waals surface area contributed by atoms with E-state index in [1.54, 1.807) is 24.3 Å². The van der Waals surface area contributed by atoms with Crippen LogP contribution < -0.4 is 15.8 Å². The van der Waals surface area contributed by atoms with Crippen molar-refractivity contribution in [3.8, 4) is 5.75 Å². The first-order valence-electron chi connectivity index (χ1n) is 6.65. The van der Waals surface area contributed by atoms with Gasteiger partial charge < -0.3 is 15.8 Å². The Balaban J connectivity index is 1.77. The number of aryl methyl sites for hydroxylation is 1. The molecule has 2 aromatic rings. The Bertz CT molecular complexity index is 635. The molecule has 0 bridgehead atoms. The van der Waals surface area contributed by atoms with Crippen LogP contribution in [0, 0.1) is 0 Å². The van der Waals surface area contributed by atoms with E-state index >= 15 is 0 Å². The van der Waals surface area contributed by atoms with Gasteiger partial charge in [-0.25, -0.2) is 0 Å². The molecule has 0 atom stereocenters. The van der Waals surface area contributed by atoms with Crippen molar-refractivity contribution in [2.24, 2.45) is 0 Å². The predicted molar refractivity (Wildman–Crippen MR) is 79.1 cm³/mol. The second kappa shape index (κ2) is 5.25. The fourth-order valence-corrected chi connectivity index (χ4v) is 2.28. The van der Waals surface area contributed by atoms with Gasteiger partial charge in [-0.2, -0.15) is 0 Å². The van der Waals surface area contributed by atoms with E-state index in [0.717, 1.165) is 36.4 Å². The molecule has 1 aliphatic rings. The minimum Gasteiger partial charge on any atom is -0.493 e. The Hall–Kier alpha value is -2.49. The van der Waals surface area contributed by atoms with Gasteiger partial charge in [0.05, 0.1) is 6.61 Å². The number of amides is 1. The Morgan fingerprint density at radius 3 is 2.75 bits per heavy atom. The van der Waals surface area contributed by atoms with Gasteiger partial charge in [0, 0.05) is 16.9 Å². The van der Waals surface area contributed by atoms with Gasteiger partial charge >= 0.3 is 0 Å². The summed E-state index contributed by atoms with van der Waals surface area (Å²) in [4.78, 5) is 12.1. The quantitative estimate of drug-likeness (QED) is 0.823. The number of fused-ring (bicyclic) bond motifs is 1. The van der Waals surface area contributed by atoms with Crippen LogP contribution in [0.25, 0.3) is 0 Å². The minimum absolute atomic E-state index is 0.137. The molecule has 0 radical (unpaired) electrons. The van der Waals surface area contributed by atoms with E-state index in [-0.39, 0.29) is 5.91 Å². The minimum atomic E-state index is -0.137. The molecular formula is C16H16N2O2. The molecule has 0 aliphatic carbocycles. The average Bonchev–Trinajstić information content (AvgIpc) is 2.48. The molecule has 0 unspecified atom stereocenters. The van der Waals surface area contributed by atoms with Crippen molar-refractivity contribution >= 4 is 17.3 Å². The van der Waals surface area contributed by atoms with Gasteiger partial charge in [-0.1, -0.05) is 0 Å². The molecule has 0 fully saturated rings. The second-order valence-corrected chi connectivity index (χ2v) is 4.85. The molecule has 102 valence electrons. The smallest absolute Gasteiger partial charge is 0.255 e. The Morgan fingerprint density at radius 1 is 1.15 bits per heavy atom. The lowest BCUT2D eigenvalue weighted by atomic mass is 10.1. The maximum Gasteiger partial charge on any atom is 0.255 e. The molecule has 0 saturated carbocycles. The van der Waals surface area contributed by atoms with Crippen LogP contribution >= 0.6 is 0 Å². The Morgan fingerprint density at radius 2 is 1.95 bits per heavy atom. The SMILES string of the molecule is Nc1ccc(C(=O)Nc2ccc3c(c2)CCCO3)cc1. The first-order chi connectivity index (χ1) is 9.72. The third-order valence-electron chi connectivity index (χ3n) is 3.34. The summed E-state index contributed by atoms with van der Waals surface area (Å²) < 4.78 is 5.55. The van der Waals surface area contributed by atoms with Crippen LogP contribution in [-0.2, 0) is 6.42 Å². The largest absolute Gasteiger partial charge is 0.493 e. The molecule has 0 aromatic heterocycles. The van der Waals surface area contributed by atoms with E-state index in [1.807, 2.05) is 18.2 Å². The van der Waals surface area contributed by atoms with Gasteiger partial charge in [-0.3, -0.25) is 4.79 Å². The molecule has 20 heavy (non-hydrogen) atoms. The first-order valence-corrected chi connectivity index (χ1v) is 6.65. The van der Waals surface area contributed by atoms with E-state index < -0.39 is 0 Å². The summed E-state index contributed by atoms with van der Waals surface area (Å²) in [7, 11) is 0. The number of anilines is 2. The van der Waals surface area contributed by atoms with Crippen molar-refractivity contribution < 1.29 is 9.53 Å². The number of nitrogens with one attached hydrogen (secondary N) is 1. The number of carbonyl (C=O) groups excluding carboxylic acids is 1. The lowest BCUT2D eigenvalue weighted by molar-refractivity contribution is 0.102. The van der Waals surface area contributed by atoms with Crippen molar-refractivity contribution in [3.05, 3.63) is 53.6 Å². The summed E-state index contributed by atoms with van der Waals surface area (Å²) >= 11 is 0. The van der Waals surface area contributed by atoms with Crippen LogP contribution in [0.3, 0.4) is 0 Å². The van der Waals surface area contributed by atoms with Crippen LogP contribution in [-0.4, -0.2) is 12.5 Å². The molecule has 1 amide bonds. The summed E-state index contributed by atoms with van der Waals surface area (Å²) in [5, 5.41) is 2.89. The average molecular weight is 268 g/mol. The number of benzene rings is 2. The molecule has 4 nitrogen and oxygen atoms in total. The highest BCUT2D eigenvalue weighted by Crippen LogP contribution is 2.27. The van der Waals surface area contributed by atoms with Crippen molar-refractivity contribution in [1.29, 1.82) is 0 Å². The maximum absolute atomic E-state index is 12.1. The number of rotatable bonds is 2. The summed E-state index contributed by atoms with van der Waals surface area (Å²) in [6.45, 7) is 0.768. The van der Waals surface area contributed by atoms with Gasteiger partial charge in [0.25, 0.3) is 5.91 Å². The standard InChI is InChI=1S/C16H16N2O2/c17-13-5-3-11(4-6-13)16(19)18-14-7-8-15-12(10-14)2-1-9-20-15/h3-8,10H,1-2,9,17H2,(H,18,19). The van der Waals surface area contributed by atoms with Crippen LogP contribution in [0.2, 0.25) is 0 Å². The highest BCUT2D eigenvalue weighted by molar-refractivity contribution is 6.04. The number of hydrogen-bond acceptors (Lipinski definition) is 3. The van der Waals surface area contributed by atoms with E-state index in [9.17, 15) is 4.79 Å². The van der Waals surface area contributed by atoms with Crippen molar-refractivity contribution in [2.45, 2.75) is 12.8 Å². The normalized spacial score (nSPS) is 13.2.